The maximum Gasteiger partial charge on any atom is 0.231 e. The molecule has 5 heteroatoms. The zero-order valence-electron chi connectivity index (χ0n) is 16.8. The monoisotopic (exact) mass is 399 g/mol. The van der Waals surface area contributed by atoms with Gasteiger partial charge in [-0.15, -0.1) is 0 Å². The van der Waals surface area contributed by atoms with Gasteiger partial charge in [-0.25, -0.2) is 0 Å². The Morgan fingerprint density at radius 1 is 1.00 bits per heavy atom. The first-order chi connectivity index (χ1) is 14.5. The van der Waals surface area contributed by atoms with E-state index in [4.69, 9.17) is 9.47 Å². The van der Waals surface area contributed by atoms with E-state index in [-0.39, 0.29) is 23.9 Å². The van der Waals surface area contributed by atoms with Crippen molar-refractivity contribution >= 4 is 23.3 Å². The molecule has 0 radical (unpaired) electrons. The van der Waals surface area contributed by atoms with Crippen LogP contribution in [0.5, 0.6) is 11.5 Å². The predicted octanol–water partition coefficient (Wildman–Crippen LogP) is 4.63. The van der Waals surface area contributed by atoms with Crippen LogP contribution in [0, 0.1) is 0 Å². The molecule has 30 heavy (non-hydrogen) atoms. The quantitative estimate of drug-likeness (QED) is 0.447. The minimum Gasteiger partial charge on any atom is -0.485 e. The molecule has 4 rings (SSSR count). The fraction of sp³-hybridized carbons (Fsp3) is 0.120. The van der Waals surface area contributed by atoms with Crippen LogP contribution in [-0.4, -0.2) is 32.3 Å². The lowest BCUT2D eigenvalue weighted by Gasteiger charge is -2.11. The van der Waals surface area contributed by atoms with Crippen LogP contribution in [-0.2, 0) is 0 Å². The third kappa shape index (κ3) is 4.10. The lowest BCUT2D eigenvalue weighted by atomic mass is 10.1. The minimum absolute atomic E-state index is 0.0856. The Morgan fingerprint density at radius 2 is 1.73 bits per heavy atom. The van der Waals surface area contributed by atoms with Gasteiger partial charge >= 0.3 is 0 Å². The van der Waals surface area contributed by atoms with Gasteiger partial charge in [0.05, 0.1) is 5.56 Å². The highest BCUT2D eigenvalue weighted by molar-refractivity contribution is 6.14. The van der Waals surface area contributed by atoms with Gasteiger partial charge in [-0.2, -0.15) is 0 Å². The maximum atomic E-state index is 12.6. The molecule has 3 aromatic rings. The molecule has 0 unspecified atom stereocenters. The molecular weight excluding hydrogens is 378 g/mol. The predicted molar refractivity (Wildman–Crippen MR) is 116 cm³/mol. The highest BCUT2D eigenvalue weighted by atomic mass is 16.5. The van der Waals surface area contributed by atoms with E-state index in [0.717, 1.165) is 11.3 Å². The van der Waals surface area contributed by atoms with Crippen molar-refractivity contribution in [3.63, 3.8) is 0 Å². The molecule has 0 atom stereocenters. The van der Waals surface area contributed by atoms with Gasteiger partial charge in [0.15, 0.2) is 18.1 Å². The molecule has 3 aromatic carbocycles. The molecule has 1 aliphatic rings. The number of rotatable bonds is 6. The molecule has 0 fully saturated rings. The van der Waals surface area contributed by atoms with Crippen LogP contribution in [0.15, 0.2) is 78.6 Å². The fourth-order valence-corrected chi connectivity index (χ4v) is 3.13. The number of hydrogen-bond acceptors (Lipinski definition) is 5. The van der Waals surface area contributed by atoms with E-state index >= 15 is 0 Å². The topological polar surface area (TPSA) is 55.8 Å². The summed E-state index contributed by atoms with van der Waals surface area (Å²) in [4.78, 5) is 26.9. The Morgan fingerprint density at radius 3 is 2.43 bits per heavy atom. The highest BCUT2D eigenvalue weighted by Gasteiger charge is 2.27. The summed E-state index contributed by atoms with van der Waals surface area (Å²) in [5.74, 6) is 0.881. The van der Waals surface area contributed by atoms with Crippen LogP contribution < -0.4 is 14.4 Å². The van der Waals surface area contributed by atoms with Crippen LogP contribution in [0.2, 0.25) is 0 Å². The number of carbonyl (C=O) groups is 2. The van der Waals surface area contributed by atoms with Gasteiger partial charge in [0, 0.05) is 31.4 Å². The summed E-state index contributed by atoms with van der Waals surface area (Å²) in [6.07, 6.45) is 1.72. The van der Waals surface area contributed by atoms with Crippen LogP contribution in [0.3, 0.4) is 0 Å². The van der Waals surface area contributed by atoms with Gasteiger partial charge in [-0.05, 0) is 35.9 Å². The summed E-state index contributed by atoms with van der Waals surface area (Å²) in [5.41, 5.74) is 3.02. The van der Waals surface area contributed by atoms with Crippen molar-refractivity contribution in [2.24, 2.45) is 0 Å². The second kappa shape index (κ2) is 8.25. The van der Waals surface area contributed by atoms with Crippen molar-refractivity contribution in [3.05, 3.63) is 95.2 Å². The molecule has 1 aliphatic heterocycles. The van der Waals surface area contributed by atoms with Gasteiger partial charge in [0.2, 0.25) is 5.78 Å². The lowest BCUT2D eigenvalue weighted by molar-refractivity contribution is 0.0921. The number of carbonyl (C=O) groups excluding carboxylic acids is 2. The van der Waals surface area contributed by atoms with Crippen LogP contribution in [0.4, 0.5) is 5.69 Å². The molecule has 0 N–H and O–H groups in total. The normalized spacial score (nSPS) is 13.7. The largest absolute Gasteiger partial charge is 0.485 e. The zero-order chi connectivity index (χ0) is 21.1. The molecule has 5 nitrogen and oxygen atoms in total. The summed E-state index contributed by atoms with van der Waals surface area (Å²) < 4.78 is 11.4. The number of allylic oxidation sites excluding steroid dienone is 1. The maximum absolute atomic E-state index is 12.6. The van der Waals surface area contributed by atoms with Gasteiger partial charge in [0.1, 0.15) is 11.5 Å². The Bertz CT molecular complexity index is 1120. The van der Waals surface area contributed by atoms with E-state index in [1.807, 2.05) is 61.5 Å². The molecule has 1 heterocycles. The van der Waals surface area contributed by atoms with Crippen LogP contribution >= 0.6 is 0 Å². The number of ketones is 2. The first-order valence-corrected chi connectivity index (χ1v) is 9.58. The second-order valence-electron chi connectivity index (χ2n) is 7.16. The number of benzene rings is 3. The number of hydrogen-bond donors (Lipinski definition) is 0. The molecule has 0 aromatic heterocycles. The standard InChI is InChI=1S/C25H21NO4/c1-26(2)19-10-8-17(9-11-19)14-24-25(28)21-13-12-20(15-23(21)30-24)29-16-22(27)18-6-4-3-5-7-18/h3-15H,16H2,1-2H3/b24-14-. The number of fused-ring (bicyclic) bond motifs is 1. The van der Waals surface area contributed by atoms with Gasteiger partial charge in [0.25, 0.3) is 0 Å². The molecule has 0 aliphatic carbocycles. The first kappa shape index (κ1) is 19.5. The van der Waals surface area contributed by atoms with E-state index in [1.54, 1.807) is 36.4 Å². The van der Waals surface area contributed by atoms with E-state index < -0.39 is 0 Å². The summed E-state index contributed by atoms with van der Waals surface area (Å²) in [5, 5.41) is 0. The van der Waals surface area contributed by atoms with Crippen molar-refractivity contribution in [2.45, 2.75) is 0 Å². The Kier molecular flexibility index (Phi) is 5.35. The summed E-state index contributed by atoms with van der Waals surface area (Å²) in [6.45, 7) is -0.0856. The Balaban J connectivity index is 1.46. The van der Waals surface area contributed by atoms with Gasteiger partial charge in [-0.1, -0.05) is 42.5 Å². The molecule has 0 amide bonds. The van der Waals surface area contributed by atoms with E-state index in [0.29, 0.717) is 22.6 Å². The fourth-order valence-electron chi connectivity index (χ4n) is 3.13. The first-order valence-electron chi connectivity index (χ1n) is 9.58. The molecule has 150 valence electrons. The molecule has 0 saturated carbocycles. The summed E-state index contributed by atoms with van der Waals surface area (Å²) >= 11 is 0. The summed E-state index contributed by atoms with van der Waals surface area (Å²) in [6, 6.07) is 21.8. The molecule has 0 spiro atoms. The Hall–Kier alpha value is -3.86. The third-order valence-corrected chi connectivity index (χ3v) is 4.81. The highest BCUT2D eigenvalue weighted by Crippen LogP contribution is 2.35. The minimum atomic E-state index is -0.173. The SMILES string of the molecule is CN(C)c1ccc(/C=C2\Oc3cc(OCC(=O)c4ccccc4)ccc3C2=O)cc1. The van der Waals surface area contributed by atoms with Crippen molar-refractivity contribution in [3.8, 4) is 11.5 Å². The molecule has 0 bridgehead atoms. The van der Waals surface area contributed by atoms with E-state index in [2.05, 4.69) is 0 Å². The summed E-state index contributed by atoms with van der Waals surface area (Å²) in [7, 11) is 3.95. The number of anilines is 1. The number of Topliss-reactive ketones (excluding diaryl/α,β-unsaturated/α-hetero) is 2. The third-order valence-electron chi connectivity index (χ3n) is 4.81. The Labute approximate surface area is 175 Å². The van der Waals surface area contributed by atoms with Crippen molar-refractivity contribution in [2.75, 3.05) is 25.6 Å². The van der Waals surface area contributed by atoms with Crippen LogP contribution in [0.25, 0.3) is 6.08 Å². The van der Waals surface area contributed by atoms with Gasteiger partial charge in [-0.3, -0.25) is 9.59 Å². The average Bonchev–Trinajstić information content (AvgIpc) is 3.07. The van der Waals surface area contributed by atoms with Crippen molar-refractivity contribution < 1.29 is 19.1 Å². The smallest absolute Gasteiger partial charge is 0.231 e. The number of ether oxygens (including phenoxy) is 2. The van der Waals surface area contributed by atoms with Crippen molar-refractivity contribution in [1.82, 2.24) is 0 Å². The lowest BCUT2D eigenvalue weighted by Crippen LogP contribution is -2.11. The number of nitrogens with zero attached hydrogens (tertiary/aromatic N) is 1. The zero-order valence-corrected chi connectivity index (χ0v) is 16.8. The van der Waals surface area contributed by atoms with Gasteiger partial charge < -0.3 is 14.4 Å². The molecule has 0 saturated heterocycles. The van der Waals surface area contributed by atoms with E-state index in [1.165, 1.54) is 0 Å². The second-order valence-corrected chi connectivity index (χ2v) is 7.16. The van der Waals surface area contributed by atoms with E-state index in [9.17, 15) is 9.59 Å². The van der Waals surface area contributed by atoms with Crippen molar-refractivity contribution in [1.29, 1.82) is 0 Å². The van der Waals surface area contributed by atoms with Crippen LogP contribution in [0.1, 0.15) is 26.3 Å². The molecular formula is C25H21NO4. The average molecular weight is 399 g/mol.